The summed E-state index contributed by atoms with van der Waals surface area (Å²) >= 11 is 0. The van der Waals surface area contributed by atoms with Crippen LogP contribution in [0.15, 0.2) is 34.7 Å². The van der Waals surface area contributed by atoms with Crippen LogP contribution < -0.4 is 5.32 Å². The standard InChI is InChI=1S/C18H22N2O4/c1-13(21)20-10-4-8-18(23,12-20)17(22)19-9-7-15-11-14-5-2-3-6-16(14)24-15/h2-3,5-6,11,23H,4,7-10,12H2,1H3,(H,19,22). The number of β-amino-alcohol motifs (C(OH)–C–C–N with tert-alkyl or cyclic N) is 1. The molecule has 1 aromatic heterocycles. The average molecular weight is 330 g/mol. The van der Waals surface area contributed by atoms with Crippen LogP contribution in [-0.4, -0.2) is 47.1 Å². The molecule has 1 fully saturated rings. The summed E-state index contributed by atoms with van der Waals surface area (Å²) in [5, 5.41) is 14.3. The molecule has 128 valence electrons. The Balaban J connectivity index is 1.55. The summed E-state index contributed by atoms with van der Waals surface area (Å²) in [6.45, 7) is 2.47. The van der Waals surface area contributed by atoms with Crippen LogP contribution in [0, 0.1) is 0 Å². The predicted molar refractivity (Wildman–Crippen MR) is 89.4 cm³/mol. The monoisotopic (exact) mass is 330 g/mol. The number of nitrogens with one attached hydrogen (secondary N) is 1. The van der Waals surface area contributed by atoms with Crippen LogP contribution in [0.25, 0.3) is 11.0 Å². The number of para-hydroxylation sites is 1. The molecular formula is C18H22N2O4. The molecule has 2 amide bonds. The first kappa shape index (κ1) is 16.5. The molecule has 6 nitrogen and oxygen atoms in total. The van der Waals surface area contributed by atoms with Gasteiger partial charge in [-0.25, -0.2) is 0 Å². The molecule has 3 rings (SSSR count). The van der Waals surface area contributed by atoms with Gasteiger partial charge in [0.25, 0.3) is 5.91 Å². The van der Waals surface area contributed by atoms with Crippen LogP contribution in [0.5, 0.6) is 0 Å². The maximum absolute atomic E-state index is 12.3. The van der Waals surface area contributed by atoms with E-state index >= 15 is 0 Å². The van der Waals surface area contributed by atoms with E-state index in [2.05, 4.69) is 5.32 Å². The third kappa shape index (κ3) is 3.43. The van der Waals surface area contributed by atoms with Gasteiger partial charge in [0, 0.05) is 31.8 Å². The molecular weight excluding hydrogens is 308 g/mol. The second kappa shape index (κ2) is 6.65. The number of carbonyl (C=O) groups excluding carboxylic acids is 2. The van der Waals surface area contributed by atoms with Crippen LogP contribution in [0.3, 0.4) is 0 Å². The highest BCUT2D eigenvalue weighted by molar-refractivity contribution is 5.86. The molecule has 0 spiro atoms. The predicted octanol–water partition coefficient (Wildman–Crippen LogP) is 1.46. The first-order valence-corrected chi connectivity index (χ1v) is 8.22. The van der Waals surface area contributed by atoms with Crippen molar-refractivity contribution in [3.63, 3.8) is 0 Å². The number of amides is 2. The molecule has 1 aromatic carbocycles. The van der Waals surface area contributed by atoms with Gasteiger partial charge in [-0.3, -0.25) is 9.59 Å². The highest BCUT2D eigenvalue weighted by atomic mass is 16.3. The summed E-state index contributed by atoms with van der Waals surface area (Å²) in [7, 11) is 0. The maximum atomic E-state index is 12.3. The van der Waals surface area contributed by atoms with Crippen molar-refractivity contribution in [3.8, 4) is 0 Å². The first-order chi connectivity index (χ1) is 11.5. The number of carbonyl (C=O) groups is 2. The average Bonchev–Trinajstić information content (AvgIpc) is 2.97. The number of aliphatic hydroxyl groups is 1. The SMILES string of the molecule is CC(=O)N1CCCC(O)(C(=O)NCCc2cc3ccccc3o2)C1. The van der Waals surface area contributed by atoms with Gasteiger partial charge in [-0.2, -0.15) is 0 Å². The number of hydrogen-bond donors (Lipinski definition) is 2. The summed E-state index contributed by atoms with van der Waals surface area (Å²) in [6.07, 6.45) is 1.53. The van der Waals surface area contributed by atoms with E-state index in [1.807, 2.05) is 30.3 Å². The molecule has 1 atom stereocenters. The van der Waals surface area contributed by atoms with Crippen molar-refractivity contribution < 1.29 is 19.1 Å². The lowest BCUT2D eigenvalue weighted by molar-refractivity contribution is -0.150. The Morgan fingerprint density at radius 2 is 2.17 bits per heavy atom. The fourth-order valence-electron chi connectivity index (χ4n) is 3.11. The van der Waals surface area contributed by atoms with E-state index < -0.39 is 11.5 Å². The zero-order valence-corrected chi connectivity index (χ0v) is 13.7. The van der Waals surface area contributed by atoms with Crippen molar-refractivity contribution in [1.82, 2.24) is 10.2 Å². The van der Waals surface area contributed by atoms with Crippen molar-refractivity contribution in [3.05, 3.63) is 36.1 Å². The minimum absolute atomic E-state index is 0.0544. The molecule has 2 aromatic rings. The van der Waals surface area contributed by atoms with Crippen molar-refractivity contribution in [2.24, 2.45) is 0 Å². The Labute approximate surface area is 140 Å². The summed E-state index contributed by atoms with van der Waals surface area (Å²) in [5.41, 5.74) is -0.681. The van der Waals surface area contributed by atoms with Gasteiger partial charge in [-0.1, -0.05) is 18.2 Å². The number of fused-ring (bicyclic) bond motifs is 1. The lowest BCUT2D eigenvalue weighted by Crippen LogP contribution is -2.58. The molecule has 2 heterocycles. The minimum Gasteiger partial charge on any atom is -0.461 e. The van der Waals surface area contributed by atoms with Gasteiger partial charge < -0.3 is 19.7 Å². The summed E-state index contributed by atoms with van der Waals surface area (Å²) in [6, 6.07) is 9.69. The van der Waals surface area contributed by atoms with E-state index in [0.29, 0.717) is 32.4 Å². The minimum atomic E-state index is -1.50. The van der Waals surface area contributed by atoms with E-state index in [1.165, 1.54) is 11.8 Å². The second-order valence-electron chi connectivity index (χ2n) is 6.33. The Morgan fingerprint density at radius 3 is 2.92 bits per heavy atom. The van der Waals surface area contributed by atoms with Crippen molar-refractivity contribution in [1.29, 1.82) is 0 Å². The molecule has 1 aliphatic heterocycles. The van der Waals surface area contributed by atoms with Gasteiger partial charge >= 0.3 is 0 Å². The van der Waals surface area contributed by atoms with Gasteiger partial charge in [-0.05, 0) is 25.0 Å². The molecule has 0 aliphatic carbocycles. The van der Waals surface area contributed by atoms with E-state index in [0.717, 1.165) is 16.7 Å². The Morgan fingerprint density at radius 1 is 1.38 bits per heavy atom. The normalized spacial score (nSPS) is 21.0. The number of rotatable bonds is 4. The highest BCUT2D eigenvalue weighted by Gasteiger charge is 2.40. The third-order valence-electron chi connectivity index (χ3n) is 4.47. The molecule has 0 bridgehead atoms. The largest absolute Gasteiger partial charge is 0.461 e. The van der Waals surface area contributed by atoms with Crippen LogP contribution in [0.2, 0.25) is 0 Å². The molecule has 1 aliphatic rings. The molecule has 0 radical (unpaired) electrons. The smallest absolute Gasteiger partial charge is 0.253 e. The molecule has 24 heavy (non-hydrogen) atoms. The molecule has 2 N–H and O–H groups in total. The van der Waals surface area contributed by atoms with E-state index in [-0.39, 0.29) is 12.5 Å². The van der Waals surface area contributed by atoms with E-state index in [9.17, 15) is 14.7 Å². The van der Waals surface area contributed by atoms with Gasteiger partial charge in [0.1, 0.15) is 11.3 Å². The lowest BCUT2D eigenvalue weighted by Gasteiger charge is -2.37. The lowest BCUT2D eigenvalue weighted by atomic mass is 9.92. The van der Waals surface area contributed by atoms with Gasteiger partial charge in [0.2, 0.25) is 5.91 Å². The fourth-order valence-corrected chi connectivity index (χ4v) is 3.11. The number of nitrogens with zero attached hydrogens (tertiary/aromatic N) is 1. The van der Waals surface area contributed by atoms with Crippen molar-refractivity contribution in [2.45, 2.75) is 31.8 Å². The van der Waals surface area contributed by atoms with Gasteiger partial charge in [-0.15, -0.1) is 0 Å². The Bertz CT molecular complexity index is 721. The number of furan rings is 1. The number of likely N-dealkylation sites (tertiary alicyclic amines) is 1. The van der Waals surface area contributed by atoms with E-state index in [4.69, 9.17) is 4.42 Å². The van der Waals surface area contributed by atoms with Crippen molar-refractivity contribution in [2.75, 3.05) is 19.6 Å². The molecule has 0 saturated carbocycles. The molecule has 1 unspecified atom stereocenters. The number of piperidine rings is 1. The molecule has 6 heteroatoms. The Hall–Kier alpha value is -2.34. The maximum Gasteiger partial charge on any atom is 0.253 e. The second-order valence-corrected chi connectivity index (χ2v) is 6.33. The van der Waals surface area contributed by atoms with Crippen LogP contribution in [0.4, 0.5) is 0 Å². The first-order valence-electron chi connectivity index (χ1n) is 8.22. The number of hydrogen-bond acceptors (Lipinski definition) is 4. The Kier molecular flexibility index (Phi) is 4.57. The van der Waals surface area contributed by atoms with Gasteiger partial charge in [0.05, 0.1) is 6.54 Å². The summed E-state index contributed by atoms with van der Waals surface area (Å²) in [5.74, 6) is 0.241. The fraction of sp³-hybridized carbons (Fsp3) is 0.444. The zero-order valence-electron chi connectivity index (χ0n) is 13.7. The highest BCUT2D eigenvalue weighted by Crippen LogP contribution is 2.22. The summed E-state index contributed by atoms with van der Waals surface area (Å²) < 4.78 is 5.70. The molecule has 1 saturated heterocycles. The summed E-state index contributed by atoms with van der Waals surface area (Å²) in [4.78, 5) is 25.3. The van der Waals surface area contributed by atoms with Gasteiger partial charge in [0.15, 0.2) is 5.60 Å². The quantitative estimate of drug-likeness (QED) is 0.889. The zero-order chi connectivity index (χ0) is 17.2. The van der Waals surface area contributed by atoms with E-state index in [1.54, 1.807) is 0 Å². The number of benzene rings is 1. The topological polar surface area (TPSA) is 82.8 Å². The third-order valence-corrected chi connectivity index (χ3v) is 4.47. The van der Waals surface area contributed by atoms with Crippen LogP contribution in [0.1, 0.15) is 25.5 Å². The van der Waals surface area contributed by atoms with Crippen molar-refractivity contribution >= 4 is 22.8 Å². The van der Waals surface area contributed by atoms with Crippen LogP contribution >= 0.6 is 0 Å². The van der Waals surface area contributed by atoms with Crippen LogP contribution in [-0.2, 0) is 16.0 Å².